The van der Waals surface area contributed by atoms with Gasteiger partial charge in [0.05, 0.1) is 12.8 Å². The molecule has 5 nitrogen and oxygen atoms in total. The SMILES string of the molecule is COC(=O)c1cccn2cc(COc3ccc(F)cc3F)nc12. The fourth-order valence-corrected chi connectivity index (χ4v) is 2.15. The third-order valence-electron chi connectivity index (χ3n) is 3.21. The smallest absolute Gasteiger partial charge is 0.341 e. The van der Waals surface area contributed by atoms with Crippen molar-refractivity contribution in [3.63, 3.8) is 0 Å². The standard InChI is InChI=1S/C16H12F2N2O3/c1-22-16(21)12-3-2-6-20-8-11(19-15(12)20)9-23-14-5-4-10(17)7-13(14)18/h2-8H,9H2,1H3. The third kappa shape index (κ3) is 2.98. The zero-order chi connectivity index (χ0) is 16.4. The molecule has 0 bridgehead atoms. The molecule has 0 spiro atoms. The molecule has 0 atom stereocenters. The van der Waals surface area contributed by atoms with Crippen molar-refractivity contribution < 1.29 is 23.0 Å². The lowest BCUT2D eigenvalue weighted by atomic mass is 10.3. The molecule has 0 amide bonds. The highest BCUT2D eigenvalue weighted by Crippen LogP contribution is 2.19. The molecular weight excluding hydrogens is 306 g/mol. The number of nitrogens with zero attached hydrogens (tertiary/aromatic N) is 2. The first kappa shape index (κ1) is 15.0. The number of fused-ring (bicyclic) bond motifs is 1. The van der Waals surface area contributed by atoms with Crippen LogP contribution in [0.5, 0.6) is 5.75 Å². The van der Waals surface area contributed by atoms with Crippen molar-refractivity contribution in [2.45, 2.75) is 6.61 Å². The van der Waals surface area contributed by atoms with Crippen LogP contribution < -0.4 is 4.74 Å². The highest BCUT2D eigenvalue weighted by molar-refractivity contribution is 5.95. The summed E-state index contributed by atoms with van der Waals surface area (Å²) < 4.78 is 38.0. The summed E-state index contributed by atoms with van der Waals surface area (Å²) in [6, 6.07) is 6.34. The predicted octanol–water partition coefficient (Wildman–Crippen LogP) is 2.98. The van der Waals surface area contributed by atoms with Crippen molar-refractivity contribution >= 4 is 11.6 Å². The molecule has 3 aromatic rings. The van der Waals surface area contributed by atoms with Crippen molar-refractivity contribution in [1.82, 2.24) is 9.38 Å². The zero-order valence-corrected chi connectivity index (χ0v) is 12.1. The van der Waals surface area contributed by atoms with Crippen molar-refractivity contribution in [3.05, 3.63) is 65.6 Å². The number of hydrogen-bond donors (Lipinski definition) is 0. The highest BCUT2D eigenvalue weighted by atomic mass is 19.1. The average molecular weight is 318 g/mol. The fraction of sp³-hybridized carbons (Fsp3) is 0.125. The number of esters is 1. The first-order chi connectivity index (χ1) is 11.1. The van der Waals surface area contributed by atoms with Gasteiger partial charge in [0.15, 0.2) is 17.2 Å². The lowest BCUT2D eigenvalue weighted by Crippen LogP contribution is -2.03. The maximum atomic E-state index is 13.5. The van der Waals surface area contributed by atoms with Gasteiger partial charge in [0.1, 0.15) is 18.0 Å². The molecule has 0 saturated carbocycles. The molecular formula is C16H12F2N2O3. The Hall–Kier alpha value is -2.96. The zero-order valence-electron chi connectivity index (χ0n) is 12.1. The molecule has 3 rings (SSSR count). The van der Waals surface area contributed by atoms with E-state index < -0.39 is 17.6 Å². The fourth-order valence-electron chi connectivity index (χ4n) is 2.15. The monoisotopic (exact) mass is 318 g/mol. The molecule has 0 fully saturated rings. The topological polar surface area (TPSA) is 52.8 Å². The van der Waals surface area contributed by atoms with E-state index in [9.17, 15) is 13.6 Å². The summed E-state index contributed by atoms with van der Waals surface area (Å²) in [5, 5.41) is 0. The van der Waals surface area contributed by atoms with Gasteiger partial charge in [-0.2, -0.15) is 0 Å². The summed E-state index contributed by atoms with van der Waals surface area (Å²) in [5.41, 5.74) is 1.22. The van der Waals surface area contributed by atoms with Crippen LogP contribution in [-0.2, 0) is 11.3 Å². The van der Waals surface area contributed by atoms with Crippen LogP contribution in [0.3, 0.4) is 0 Å². The molecule has 0 aliphatic carbocycles. The summed E-state index contributed by atoms with van der Waals surface area (Å²) in [7, 11) is 1.29. The number of halogens is 2. The van der Waals surface area contributed by atoms with E-state index in [1.54, 1.807) is 28.9 Å². The molecule has 1 aromatic carbocycles. The number of rotatable bonds is 4. The minimum Gasteiger partial charge on any atom is -0.484 e. The van der Waals surface area contributed by atoms with Gasteiger partial charge in [-0.1, -0.05) is 0 Å². The average Bonchev–Trinajstić information content (AvgIpc) is 2.96. The summed E-state index contributed by atoms with van der Waals surface area (Å²) in [4.78, 5) is 16.0. The van der Waals surface area contributed by atoms with Crippen LogP contribution >= 0.6 is 0 Å². The third-order valence-corrected chi connectivity index (χ3v) is 3.21. The van der Waals surface area contributed by atoms with E-state index in [1.165, 1.54) is 13.2 Å². The minimum absolute atomic E-state index is 0.0230. The highest BCUT2D eigenvalue weighted by Gasteiger charge is 2.14. The van der Waals surface area contributed by atoms with Gasteiger partial charge in [-0.15, -0.1) is 0 Å². The number of methoxy groups -OCH3 is 1. The predicted molar refractivity (Wildman–Crippen MR) is 77.2 cm³/mol. The van der Waals surface area contributed by atoms with Crippen LogP contribution in [0.2, 0.25) is 0 Å². The lowest BCUT2D eigenvalue weighted by molar-refractivity contribution is 0.0602. The molecule has 0 N–H and O–H groups in total. The van der Waals surface area contributed by atoms with Crippen molar-refractivity contribution in [2.75, 3.05) is 7.11 Å². The van der Waals surface area contributed by atoms with Crippen molar-refractivity contribution in [1.29, 1.82) is 0 Å². The number of imidazole rings is 1. The van der Waals surface area contributed by atoms with E-state index >= 15 is 0 Å². The maximum absolute atomic E-state index is 13.5. The number of aromatic nitrogens is 2. The molecule has 0 unspecified atom stereocenters. The van der Waals surface area contributed by atoms with E-state index in [1.807, 2.05) is 0 Å². The molecule has 118 valence electrons. The number of pyridine rings is 1. The molecule has 23 heavy (non-hydrogen) atoms. The summed E-state index contributed by atoms with van der Waals surface area (Å²) in [6.45, 7) is -0.0230. The maximum Gasteiger partial charge on any atom is 0.341 e. The molecule has 2 heterocycles. The largest absolute Gasteiger partial charge is 0.484 e. The summed E-state index contributed by atoms with van der Waals surface area (Å²) >= 11 is 0. The Labute approximate surface area is 130 Å². The number of ether oxygens (including phenoxy) is 2. The summed E-state index contributed by atoms with van der Waals surface area (Å²) in [5.74, 6) is -2.04. The van der Waals surface area contributed by atoms with Gasteiger partial charge in [-0.05, 0) is 24.3 Å². The van der Waals surface area contributed by atoms with Crippen LogP contribution in [0, 0.1) is 11.6 Å². The van der Waals surface area contributed by atoms with Crippen molar-refractivity contribution in [2.24, 2.45) is 0 Å². The van der Waals surface area contributed by atoms with Gasteiger partial charge in [0.25, 0.3) is 0 Å². The molecule has 7 heteroatoms. The van der Waals surface area contributed by atoms with E-state index in [-0.39, 0.29) is 12.4 Å². The minimum atomic E-state index is -0.788. The van der Waals surface area contributed by atoms with Crippen LogP contribution in [0.4, 0.5) is 8.78 Å². The Kier molecular flexibility index (Phi) is 3.92. The summed E-state index contributed by atoms with van der Waals surface area (Å²) in [6.07, 6.45) is 3.37. The Bertz CT molecular complexity index is 877. The number of hydrogen-bond acceptors (Lipinski definition) is 4. The molecule has 0 radical (unpaired) electrons. The van der Waals surface area contributed by atoms with Gasteiger partial charge < -0.3 is 13.9 Å². The molecule has 0 saturated heterocycles. The van der Waals surface area contributed by atoms with E-state index in [4.69, 9.17) is 9.47 Å². The second-order valence-corrected chi connectivity index (χ2v) is 4.74. The van der Waals surface area contributed by atoms with Crippen LogP contribution in [-0.4, -0.2) is 22.5 Å². The first-order valence-corrected chi connectivity index (χ1v) is 6.71. The second-order valence-electron chi connectivity index (χ2n) is 4.74. The number of carbonyl (C=O) groups excluding carboxylic acids is 1. The molecule has 2 aromatic heterocycles. The Morgan fingerprint density at radius 3 is 2.87 bits per heavy atom. The van der Waals surface area contributed by atoms with E-state index in [2.05, 4.69) is 4.98 Å². The molecule has 0 aliphatic heterocycles. The first-order valence-electron chi connectivity index (χ1n) is 6.71. The Morgan fingerprint density at radius 1 is 1.30 bits per heavy atom. The van der Waals surface area contributed by atoms with Crippen LogP contribution in [0.25, 0.3) is 5.65 Å². The Morgan fingerprint density at radius 2 is 2.13 bits per heavy atom. The van der Waals surface area contributed by atoms with Crippen molar-refractivity contribution in [3.8, 4) is 5.75 Å². The number of carbonyl (C=O) groups is 1. The lowest BCUT2D eigenvalue weighted by Gasteiger charge is -2.04. The number of benzene rings is 1. The van der Waals surface area contributed by atoms with Crippen LogP contribution in [0.1, 0.15) is 16.1 Å². The quantitative estimate of drug-likeness (QED) is 0.694. The van der Waals surface area contributed by atoms with E-state index in [0.29, 0.717) is 16.9 Å². The Balaban J connectivity index is 1.85. The van der Waals surface area contributed by atoms with Gasteiger partial charge in [0, 0.05) is 18.5 Å². The van der Waals surface area contributed by atoms with Crippen LogP contribution in [0.15, 0.2) is 42.7 Å². The van der Waals surface area contributed by atoms with Gasteiger partial charge in [-0.3, -0.25) is 0 Å². The van der Waals surface area contributed by atoms with Gasteiger partial charge in [-0.25, -0.2) is 18.6 Å². The second kappa shape index (κ2) is 6.04. The molecule has 0 aliphatic rings. The normalized spacial score (nSPS) is 10.7. The van der Waals surface area contributed by atoms with Gasteiger partial charge in [0.2, 0.25) is 0 Å². The van der Waals surface area contributed by atoms with Gasteiger partial charge >= 0.3 is 5.97 Å². The van der Waals surface area contributed by atoms with E-state index in [0.717, 1.165) is 12.1 Å².